The van der Waals surface area contributed by atoms with E-state index in [0.29, 0.717) is 17.8 Å². The van der Waals surface area contributed by atoms with Crippen LogP contribution < -0.4 is 5.32 Å². The number of rotatable bonds is 5. The average Bonchev–Trinajstić information content (AvgIpc) is 3.26. The van der Waals surface area contributed by atoms with E-state index < -0.39 is 11.6 Å². The van der Waals surface area contributed by atoms with Crippen LogP contribution in [0.3, 0.4) is 0 Å². The Bertz CT molecular complexity index is 1110. The van der Waals surface area contributed by atoms with Crippen molar-refractivity contribution in [3.63, 3.8) is 0 Å². The van der Waals surface area contributed by atoms with Gasteiger partial charge in [0.2, 0.25) is 0 Å². The molecule has 0 spiro atoms. The van der Waals surface area contributed by atoms with Crippen molar-refractivity contribution in [1.29, 1.82) is 0 Å². The van der Waals surface area contributed by atoms with Crippen LogP contribution in [-0.2, 0) is 13.1 Å². The first-order valence-corrected chi connectivity index (χ1v) is 9.17. The van der Waals surface area contributed by atoms with Crippen LogP contribution in [0.4, 0.5) is 8.78 Å². The van der Waals surface area contributed by atoms with Gasteiger partial charge in [0.05, 0.1) is 10.2 Å². The molecule has 0 saturated heterocycles. The SMILES string of the molecule is O=C(NCc1cccnc1)c1cc2sccc2n1Cc1ccc(F)c(F)c1. The highest BCUT2D eigenvalue weighted by molar-refractivity contribution is 7.17. The van der Waals surface area contributed by atoms with Crippen LogP contribution >= 0.6 is 11.3 Å². The van der Waals surface area contributed by atoms with Crippen molar-refractivity contribution >= 4 is 27.5 Å². The molecule has 136 valence electrons. The number of pyridine rings is 1. The number of fused-ring (bicyclic) bond motifs is 1. The Morgan fingerprint density at radius 3 is 2.78 bits per heavy atom. The van der Waals surface area contributed by atoms with E-state index >= 15 is 0 Å². The lowest BCUT2D eigenvalue weighted by Gasteiger charge is -2.11. The summed E-state index contributed by atoms with van der Waals surface area (Å²) < 4.78 is 29.5. The van der Waals surface area contributed by atoms with E-state index in [-0.39, 0.29) is 12.5 Å². The molecule has 3 aromatic heterocycles. The Morgan fingerprint density at radius 1 is 1.11 bits per heavy atom. The number of nitrogens with one attached hydrogen (secondary N) is 1. The number of amides is 1. The summed E-state index contributed by atoms with van der Waals surface area (Å²) >= 11 is 1.53. The number of nitrogens with zero attached hydrogens (tertiary/aromatic N) is 2. The number of carbonyl (C=O) groups is 1. The molecule has 4 aromatic rings. The zero-order chi connectivity index (χ0) is 18.8. The van der Waals surface area contributed by atoms with Crippen molar-refractivity contribution in [2.24, 2.45) is 0 Å². The van der Waals surface area contributed by atoms with Gasteiger partial charge >= 0.3 is 0 Å². The summed E-state index contributed by atoms with van der Waals surface area (Å²) in [6.45, 7) is 0.629. The zero-order valence-corrected chi connectivity index (χ0v) is 15.0. The number of halogens is 2. The molecule has 0 aliphatic heterocycles. The average molecular weight is 383 g/mol. The lowest BCUT2D eigenvalue weighted by Crippen LogP contribution is -2.25. The molecule has 0 fully saturated rings. The number of carbonyl (C=O) groups excluding carboxylic acids is 1. The molecule has 7 heteroatoms. The second-order valence-corrected chi connectivity index (χ2v) is 7.03. The minimum atomic E-state index is -0.899. The minimum absolute atomic E-state index is 0.232. The third kappa shape index (κ3) is 3.59. The van der Waals surface area contributed by atoms with Crippen LogP contribution in [0.25, 0.3) is 10.2 Å². The molecule has 4 nitrogen and oxygen atoms in total. The molecule has 1 N–H and O–H groups in total. The standard InChI is InChI=1S/C20H15F2N3OS/c21-15-4-3-13(8-16(15)22)12-25-17-5-7-27-19(17)9-18(25)20(26)24-11-14-2-1-6-23-10-14/h1-10H,11-12H2,(H,24,26). The van der Waals surface area contributed by atoms with Crippen LogP contribution in [0.5, 0.6) is 0 Å². The zero-order valence-electron chi connectivity index (χ0n) is 14.2. The molecular formula is C20H15F2N3OS. The third-order valence-corrected chi connectivity index (χ3v) is 5.11. The lowest BCUT2D eigenvalue weighted by molar-refractivity contribution is 0.0942. The fourth-order valence-electron chi connectivity index (χ4n) is 2.93. The van der Waals surface area contributed by atoms with Gasteiger partial charge in [-0.25, -0.2) is 8.78 Å². The Kier molecular flexibility index (Phi) is 4.68. The van der Waals surface area contributed by atoms with E-state index in [4.69, 9.17) is 0 Å². The molecule has 0 radical (unpaired) electrons. The maximum Gasteiger partial charge on any atom is 0.268 e. The molecule has 0 aliphatic carbocycles. The molecule has 0 aliphatic rings. The number of hydrogen-bond acceptors (Lipinski definition) is 3. The van der Waals surface area contributed by atoms with Crippen LogP contribution in [0.15, 0.2) is 60.2 Å². The summed E-state index contributed by atoms with van der Waals surface area (Å²) in [6, 6.07) is 11.2. The van der Waals surface area contributed by atoms with E-state index in [1.54, 1.807) is 12.4 Å². The molecule has 0 atom stereocenters. The smallest absolute Gasteiger partial charge is 0.268 e. The van der Waals surface area contributed by atoms with E-state index in [0.717, 1.165) is 27.9 Å². The first kappa shape index (κ1) is 17.4. The molecule has 0 unspecified atom stereocenters. The van der Waals surface area contributed by atoms with Crippen molar-refractivity contribution in [2.45, 2.75) is 13.1 Å². The Hall–Kier alpha value is -3.06. The van der Waals surface area contributed by atoms with Crippen molar-refractivity contribution in [3.8, 4) is 0 Å². The predicted molar refractivity (Wildman–Crippen MR) is 101 cm³/mol. The fraction of sp³-hybridized carbons (Fsp3) is 0.100. The van der Waals surface area contributed by atoms with Gasteiger partial charge in [-0.2, -0.15) is 0 Å². The first-order chi connectivity index (χ1) is 13.1. The van der Waals surface area contributed by atoms with Crippen molar-refractivity contribution in [2.75, 3.05) is 0 Å². The molecular weight excluding hydrogens is 368 g/mol. The second kappa shape index (κ2) is 7.28. The summed E-state index contributed by atoms with van der Waals surface area (Å²) in [7, 11) is 0. The first-order valence-electron chi connectivity index (χ1n) is 8.29. The van der Waals surface area contributed by atoms with Crippen molar-refractivity contribution in [3.05, 3.63) is 88.7 Å². The van der Waals surface area contributed by atoms with Gasteiger partial charge in [-0.3, -0.25) is 9.78 Å². The van der Waals surface area contributed by atoms with E-state index in [2.05, 4.69) is 10.3 Å². The fourth-order valence-corrected chi connectivity index (χ4v) is 3.75. The number of thiophene rings is 1. The lowest BCUT2D eigenvalue weighted by atomic mass is 10.2. The summed E-state index contributed by atoms with van der Waals surface area (Å²) in [6.07, 6.45) is 3.37. The van der Waals surface area contributed by atoms with Gasteiger partial charge in [-0.15, -0.1) is 11.3 Å². The van der Waals surface area contributed by atoms with Gasteiger partial charge in [0, 0.05) is 25.5 Å². The normalized spacial score (nSPS) is 11.0. The molecule has 27 heavy (non-hydrogen) atoms. The third-order valence-electron chi connectivity index (χ3n) is 4.26. The van der Waals surface area contributed by atoms with Gasteiger partial charge in [-0.05, 0) is 46.8 Å². The molecule has 3 heterocycles. The van der Waals surface area contributed by atoms with Crippen LogP contribution in [0.1, 0.15) is 21.6 Å². The molecule has 1 aromatic carbocycles. The van der Waals surface area contributed by atoms with Crippen LogP contribution in [-0.4, -0.2) is 15.5 Å². The van der Waals surface area contributed by atoms with Gasteiger partial charge < -0.3 is 9.88 Å². The van der Waals surface area contributed by atoms with Crippen molar-refractivity contribution < 1.29 is 13.6 Å². The molecule has 1 amide bonds. The predicted octanol–water partition coefficient (Wildman–Crippen LogP) is 4.35. The van der Waals surface area contributed by atoms with E-state index in [1.807, 2.05) is 34.2 Å². The highest BCUT2D eigenvalue weighted by atomic mass is 32.1. The monoisotopic (exact) mass is 383 g/mol. The minimum Gasteiger partial charge on any atom is -0.347 e. The van der Waals surface area contributed by atoms with Crippen LogP contribution in [0.2, 0.25) is 0 Å². The molecule has 0 bridgehead atoms. The molecule has 4 rings (SSSR count). The highest BCUT2D eigenvalue weighted by Gasteiger charge is 2.17. The largest absolute Gasteiger partial charge is 0.347 e. The Balaban J connectivity index is 1.62. The second-order valence-electron chi connectivity index (χ2n) is 6.08. The van der Waals surface area contributed by atoms with Gasteiger partial charge in [0.1, 0.15) is 5.69 Å². The summed E-state index contributed by atoms with van der Waals surface area (Å²) in [5, 5.41) is 4.82. The quantitative estimate of drug-likeness (QED) is 0.557. The Labute approximate surface area is 158 Å². The number of aromatic nitrogens is 2. The summed E-state index contributed by atoms with van der Waals surface area (Å²) in [5.41, 5.74) is 2.84. The number of hydrogen-bond donors (Lipinski definition) is 1. The van der Waals surface area contributed by atoms with Gasteiger partial charge in [-0.1, -0.05) is 12.1 Å². The number of benzene rings is 1. The van der Waals surface area contributed by atoms with Gasteiger partial charge in [0.15, 0.2) is 11.6 Å². The molecule has 0 saturated carbocycles. The highest BCUT2D eigenvalue weighted by Crippen LogP contribution is 2.26. The topological polar surface area (TPSA) is 46.9 Å². The van der Waals surface area contributed by atoms with Crippen molar-refractivity contribution in [1.82, 2.24) is 14.9 Å². The van der Waals surface area contributed by atoms with Gasteiger partial charge in [0.25, 0.3) is 5.91 Å². The Morgan fingerprint density at radius 2 is 2.00 bits per heavy atom. The van der Waals surface area contributed by atoms with E-state index in [9.17, 15) is 13.6 Å². The summed E-state index contributed by atoms with van der Waals surface area (Å²) in [5.74, 6) is -2.02. The maximum atomic E-state index is 13.6. The maximum absolute atomic E-state index is 13.6. The van der Waals surface area contributed by atoms with Crippen LogP contribution in [0, 0.1) is 11.6 Å². The van der Waals surface area contributed by atoms with E-state index in [1.165, 1.54) is 17.4 Å². The summed E-state index contributed by atoms with van der Waals surface area (Å²) in [4.78, 5) is 16.8.